The molecular formula is C9H10N2O2. The number of hydrogen-bond donors (Lipinski definition) is 0. The quantitative estimate of drug-likeness (QED) is 0.648. The lowest BCUT2D eigenvalue weighted by Crippen LogP contribution is -2.21. The summed E-state index contributed by atoms with van der Waals surface area (Å²) in [5.74, 6) is -0.0857. The van der Waals surface area contributed by atoms with Gasteiger partial charge in [0.25, 0.3) is 5.91 Å². The Balaban J connectivity index is 2.92. The lowest BCUT2D eigenvalue weighted by atomic mass is 10.2. The molecule has 1 amide bonds. The van der Waals surface area contributed by atoms with Crippen molar-refractivity contribution >= 4 is 11.6 Å². The molecule has 0 aliphatic heterocycles. The molecule has 0 saturated carbocycles. The van der Waals surface area contributed by atoms with Crippen LogP contribution < -0.4 is 0 Å². The van der Waals surface area contributed by atoms with Crippen LogP contribution in [0, 0.1) is 4.91 Å². The molecule has 1 aromatic rings. The zero-order chi connectivity index (χ0) is 9.84. The first-order valence-electron chi connectivity index (χ1n) is 3.80. The van der Waals surface area contributed by atoms with E-state index >= 15 is 0 Å². The van der Waals surface area contributed by atoms with E-state index < -0.39 is 0 Å². The second kappa shape index (κ2) is 3.80. The summed E-state index contributed by atoms with van der Waals surface area (Å²) in [6, 6.07) is 6.20. The van der Waals surface area contributed by atoms with E-state index in [-0.39, 0.29) is 5.91 Å². The third-order valence-electron chi connectivity index (χ3n) is 1.63. The predicted octanol–water partition coefficient (Wildman–Crippen LogP) is 1.79. The van der Waals surface area contributed by atoms with Gasteiger partial charge in [-0.05, 0) is 29.4 Å². The van der Waals surface area contributed by atoms with Crippen molar-refractivity contribution in [3.8, 4) is 0 Å². The van der Waals surface area contributed by atoms with Crippen molar-refractivity contribution < 1.29 is 4.79 Å². The van der Waals surface area contributed by atoms with Gasteiger partial charge in [0.1, 0.15) is 5.69 Å². The molecule has 68 valence electrons. The van der Waals surface area contributed by atoms with Crippen molar-refractivity contribution in [1.82, 2.24) is 4.90 Å². The third kappa shape index (κ3) is 2.11. The van der Waals surface area contributed by atoms with E-state index in [1.165, 1.54) is 17.0 Å². The van der Waals surface area contributed by atoms with E-state index in [4.69, 9.17) is 0 Å². The molecular weight excluding hydrogens is 168 g/mol. The molecule has 0 aliphatic rings. The molecule has 0 bridgehead atoms. The van der Waals surface area contributed by atoms with Gasteiger partial charge in [-0.25, -0.2) is 0 Å². The zero-order valence-corrected chi connectivity index (χ0v) is 7.52. The highest BCUT2D eigenvalue weighted by atomic mass is 16.3. The molecule has 0 unspecified atom stereocenters. The molecule has 4 nitrogen and oxygen atoms in total. The van der Waals surface area contributed by atoms with Gasteiger partial charge < -0.3 is 4.90 Å². The van der Waals surface area contributed by atoms with Gasteiger partial charge in [-0.2, -0.15) is 0 Å². The van der Waals surface area contributed by atoms with E-state index in [2.05, 4.69) is 5.18 Å². The summed E-state index contributed by atoms with van der Waals surface area (Å²) >= 11 is 0. The number of hydrogen-bond acceptors (Lipinski definition) is 3. The summed E-state index contributed by atoms with van der Waals surface area (Å²) in [5, 5.41) is 2.74. The third-order valence-corrected chi connectivity index (χ3v) is 1.63. The Hall–Kier alpha value is -1.71. The molecule has 1 rings (SSSR count). The van der Waals surface area contributed by atoms with E-state index in [1.54, 1.807) is 26.2 Å². The summed E-state index contributed by atoms with van der Waals surface area (Å²) < 4.78 is 0. The number of rotatable bonds is 2. The largest absolute Gasteiger partial charge is 0.345 e. The summed E-state index contributed by atoms with van der Waals surface area (Å²) in [4.78, 5) is 22.9. The highest BCUT2D eigenvalue weighted by Gasteiger charge is 2.06. The van der Waals surface area contributed by atoms with Crippen molar-refractivity contribution in [2.45, 2.75) is 0 Å². The van der Waals surface area contributed by atoms with Gasteiger partial charge in [0.05, 0.1) is 0 Å². The lowest BCUT2D eigenvalue weighted by molar-refractivity contribution is 0.0827. The molecule has 0 aliphatic carbocycles. The van der Waals surface area contributed by atoms with Crippen LogP contribution in [0.1, 0.15) is 10.4 Å². The normalized spacial score (nSPS) is 9.38. The summed E-state index contributed by atoms with van der Waals surface area (Å²) in [5.41, 5.74) is 0.882. The van der Waals surface area contributed by atoms with Crippen molar-refractivity contribution in [2.24, 2.45) is 5.18 Å². The van der Waals surface area contributed by atoms with Crippen LogP contribution in [0.3, 0.4) is 0 Å². The second-order valence-electron chi connectivity index (χ2n) is 2.84. The maximum atomic E-state index is 11.4. The topological polar surface area (TPSA) is 49.7 Å². The first kappa shape index (κ1) is 9.38. The molecule has 0 fully saturated rings. The average molecular weight is 178 g/mol. The average Bonchev–Trinajstić information content (AvgIpc) is 2.17. The zero-order valence-electron chi connectivity index (χ0n) is 7.52. The fourth-order valence-electron chi connectivity index (χ4n) is 0.923. The molecule has 1 aromatic carbocycles. The Morgan fingerprint density at radius 1 is 1.23 bits per heavy atom. The lowest BCUT2D eigenvalue weighted by Gasteiger charge is -2.09. The molecule has 0 aromatic heterocycles. The minimum absolute atomic E-state index is 0.0857. The Morgan fingerprint density at radius 2 is 1.77 bits per heavy atom. The van der Waals surface area contributed by atoms with Crippen LogP contribution in [0.15, 0.2) is 29.4 Å². The first-order valence-corrected chi connectivity index (χ1v) is 3.80. The molecule has 0 atom stereocenters. The van der Waals surface area contributed by atoms with Gasteiger partial charge in [-0.1, -0.05) is 0 Å². The van der Waals surface area contributed by atoms with Crippen LogP contribution in [0.2, 0.25) is 0 Å². The molecule has 13 heavy (non-hydrogen) atoms. The van der Waals surface area contributed by atoms with Gasteiger partial charge in [-0.15, -0.1) is 4.91 Å². The van der Waals surface area contributed by atoms with Crippen LogP contribution in [-0.4, -0.2) is 24.9 Å². The van der Waals surface area contributed by atoms with Gasteiger partial charge in [0.2, 0.25) is 0 Å². The number of nitrogens with zero attached hydrogens (tertiary/aromatic N) is 2. The Bertz CT molecular complexity index is 317. The monoisotopic (exact) mass is 178 g/mol. The Labute approximate surface area is 76.1 Å². The van der Waals surface area contributed by atoms with Crippen LogP contribution >= 0.6 is 0 Å². The van der Waals surface area contributed by atoms with Crippen molar-refractivity contribution in [3.63, 3.8) is 0 Å². The Morgan fingerprint density at radius 3 is 2.15 bits per heavy atom. The van der Waals surface area contributed by atoms with Crippen LogP contribution in [0.5, 0.6) is 0 Å². The highest BCUT2D eigenvalue weighted by molar-refractivity contribution is 5.94. The fourth-order valence-corrected chi connectivity index (χ4v) is 0.923. The van der Waals surface area contributed by atoms with E-state index in [0.29, 0.717) is 11.3 Å². The second-order valence-corrected chi connectivity index (χ2v) is 2.84. The number of carbonyl (C=O) groups is 1. The van der Waals surface area contributed by atoms with Crippen LogP contribution in [0.25, 0.3) is 0 Å². The smallest absolute Gasteiger partial charge is 0.253 e. The minimum Gasteiger partial charge on any atom is -0.345 e. The molecule has 0 saturated heterocycles. The van der Waals surface area contributed by atoms with Crippen molar-refractivity contribution in [3.05, 3.63) is 34.7 Å². The predicted molar refractivity (Wildman–Crippen MR) is 49.9 cm³/mol. The van der Waals surface area contributed by atoms with Crippen LogP contribution in [0.4, 0.5) is 5.69 Å². The molecule has 0 N–H and O–H groups in total. The Kier molecular flexibility index (Phi) is 2.74. The van der Waals surface area contributed by atoms with Gasteiger partial charge >= 0.3 is 0 Å². The first-order chi connectivity index (χ1) is 6.15. The standard InChI is InChI=1S/C9H10N2O2/c1-11(2)9(12)7-3-5-8(10-13)6-4-7/h3-6H,1-2H3. The molecule has 4 heteroatoms. The summed E-state index contributed by atoms with van der Waals surface area (Å²) in [6.45, 7) is 0. The summed E-state index contributed by atoms with van der Waals surface area (Å²) in [6.07, 6.45) is 0. The van der Waals surface area contributed by atoms with Gasteiger partial charge in [0, 0.05) is 19.7 Å². The number of nitroso groups, excluding NO2 is 1. The highest BCUT2D eigenvalue weighted by Crippen LogP contribution is 2.12. The number of amides is 1. The van der Waals surface area contributed by atoms with E-state index in [0.717, 1.165) is 0 Å². The van der Waals surface area contributed by atoms with Crippen molar-refractivity contribution in [1.29, 1.82) is 0 Å². The van der Waals surface area contributed by atoms with E-state index in [1.807, 2.05) is 0 Å². The maximum Gasteiger partial charge on any atom is 0.253 e. The van der Waals surface area contributed by atoms with E-state index in [9.17, 15) is 9.70 Å². The van der Waals surface area contributed by atoms with Gasteiger partial charge in [-0.3, -0.25) is 4.79 Å². The van der Waals surface area contributed by atoms with Crippen molar-refractivity contribution in [2.75, 3.05) is 14.1 Å². The molecule has 0 heterocycles. The summed E-state index contributed by atoms with van der Waals surface area (Å²) in [7, 11) is 3.35. The van der Waals surface area contributed by atoms with Crippen LogP contribution in [-0.2, 0) is 0 Å². The maximum absolute atomic E-state index is 11.4. The SMILES string of the molecule is CN(C)C(=O)c1ccc(N=O)cc1. The number of carbonyl (C=O) groups excluding carboxylic acids is 1. The fraction of sp³-hybridized carbons (Fsp3) is 0.222. The number of benzene rings is 1. The molecule has 0 spiro atoms. The minimum atomic E-state index is -0.0857. The molecule has 0 radical (unpaired) electrons. The van der Waals surface area contributed by atoms with Gasteiger partial charge in [0.15, 0.2) is 0 Å².